The Morgan fingerprint density at radius 1 is 1.38 bits per heavy atom. The predicted molar refractivity (Wildman–Crippen MR) is 59.0 cm³/mol. The Morgan fingerprint density at radius 3 is 2.62 bits per heavy atom. The Kier molecular flexibility index (Phi) is 4.56. The molecule has 0 aromatic rings. The van der Waals surface area contributed by atoms with Gasteiger partial charge in [0.1, 0.15) is 0 Å². The maximum atomic E-state index is 9.37. The molecule has 1 fully saturated rings. The van der Waals surface area contributed by atoms with Gasteiger partial charge in [-0.2, -0.15) is 11.8 Å². The molecule has 3 N–H and O–H groups in total. The van der Waals surface area contributed by atoms with Crippen LogP contribution in [-0.4, -0.2) is 27.8 Å². The van der Waals surface area contributed by atoms with Gasteiger partial charge in [-0.25, -0.2) is 0 Å². The minimum Gasteiger partial charge on any atom is -0.392 e. The fourth-order valence-electron chi connectivity index (χ4n) is 1.72. The molecule has 0 aromatic carbocycles. The van der Waals surface area contributed by atoms with E-state index in [1.54, 1.807) is 0 Å². The highest BCUT2D eigenvalue weighted by molar-refractivity contribution is 8.00. The van der Waals surface area contributed by atoms with Crippen LogP contribution in [0.2, 0.25) is 0 Å². The van der Waals surface area contributed by atoms with Crippen molar-refractivity contribution in [3.05, 3.63) is 0 Å². The minimum atomic E-state index is -0.205. The molecule has 1 aliphatic rings. The molecule has 1 aliphatic carbocycles. The van der Waals surface area contributed by atoms with Crippen LogP contribution in [0.15, 0.2) is 0 Å². The monoisotopic (exact) mass is 203 g/mol. The lowest BCUT2D eigenvalue weighted by molar-refractivity contribution is 0.196. The predicted octanol–water partition coefficient (Wildman–Crippen LogP) is 1.76. The standard InChI is InChI=1S/C10H21NOS/c1-7(12)8(2)13-10-5-3-4-9(11)6-10/h7-10,12H,3-6,11H2,1-2H3. The van der Waals surface area contributed by atoms with E-state index in [1.807, 2.05) is 18.7 Å². The van der Waals surface area contributed by atoms with Gasteiger partial charge in [0, 0.05) is 16.5 Å². The van der Waals surface area contributed by atoms with Crippen LogP contribution in [0.5, 0.6) is 0 Å². The van der Waals surface area contributed by atoms with E-state index < -0.39 is 0 Å². The van der Waals surface area contributed by atoms with Gasteiger partial charge in [-0.05, 0) is 26.2 Å². The number of aliphatic hydroxyl groups is 1. The van der Waals surface area contributed by atoms with E-state index in [1.165, 1.54) is 19.3 Å². The molecule has 0 aromatic heterocycles. The minimum absolute atomic E-state index is 0.205. The van der Waals surface area contributed by atoms with Crippen molar-refractivity contribution in [2.75, 3.05) is 0 Å². The van der Waals surface area contributed by atoms with Crippen molar-refractivity contribution in [2.45, 2.75) is 62.2 Å². The summed E-state index contributed by atoms with van der Waals surface area (Å²) in [4.78, 5) is 0. The molecule has 13 heavy (non-hydrogen) atoms. The van der Waals surface area contributed by atoms with Crippen molar-refractivity contribution in [3.8, 4) is 0 Å². The summed E-state index contributed by atoms with van der Waals surface area (Å²) in [6, 6.07) is 0.396. The van der Waals surface area contributed by atoms with Crippen molar-refractivity contribution in [1.29, 1.82) is 0 Å². The number of nitrogens with two attached hydrogens (primary N) is 1. The van der Waals surface area contributed by atoms with Gasteiger partial charge >= 0.3 is 0 Å². The van der Waals surface area contributed by atoms with Gasteiger partial charge in [-0.3, -0.25) is 0 Å². The maximum absolute atomic E-state index is 9.37. The van der Waals surface area contributed by atoms with Gasteiger partial charge in [0.05, 0.1) is 6.10 Å². The van der Waals surface area contributed by atoms with Gasteiger partial charge in [-0.1, -0.05) is 13.3 Å². The van der Waals surface area contributed by atoms with E-state index in [2.05, 4.69) is 6.92 Å². The number of thioether (sulfide) groups is 1. The summed E-state index contributed by atoms with van der Waals surface area (Å²) >= 11 is 1.90. The van der Waals surface area contributed by atoms with Crippen LogP contribution in [0.1, 0.15) is 39.5 Å². The molecule has 1 rings (SSSR count). The van der Waals surface area contributed by atoms with E-state index in [0.29, 0.717) is 16.5 Å². The molecule has 4 unspecified atom stereocenters. The third-order valence-corrected chi connectivity index (χ3v) is 4.39. The fourth-order valence-corrected chi connectivity index (χ4v) is 3.22. The molecule has 78 valence electrons. The zero-order chi connectivity index (χ0) is 9.84. The average Bonchev–Trinajstić information content (AvgIpc) is 2.04. The molecule has 0 bridgehead atoms. The van der Waals surface area contributed by atoms with Gasteiger partial charge in [0.2, 0.25) is 0 Å². The van der Waals surface area contributed by atoms with Crippen molar-refractivity contribution in [3.63, 3.8) is 0 Å². The number of rotatable bonds is 3. The third-order valence-electron chi connectivity index (χ3n) is 2.75. The summed E-state index contributed by atoms with van der Waals surface area (Å²) in [6.07, 6.45) is 4.63. The van der Waals surface area contributed by atoms with E-state index in [-0.39, 0.29) is 6.10 Å². The average molecular weight is 203 g/mol. The summed E-state index contributed by atoms with van der Waals surface area (Å²) in [6.45, 7) is 3.95. The zero-order valence-corrected chi connectivity index (χ0v) is 9.39. The Morgan fingerprint density at radius 2 is 2.08 bits per heavy atom. The molecule has 4 atom stereocenters. The lowest BCUT2D eigenvalue weighted by Gasteiger charge is -2.29. The van der Waals surface area contributed by atoms with Crippen LogP contribution in [0.4, 0.5) is 0 Å². The molecule has 0 amide bonds. The molecule has 0 aliphatic heterocycles. The Labute approximate surface area is 85.3 Å². The van der Waals surface area contributed by atoms with Crippen LogP contribution < -0.4 is 5.73 Å². The molecule has 0 saturated heterocycles. The molecular formula is C10H21NOS. The topological polar surface area (TPSA) is 46.2 Å². The summed E-state index contributed by atoms with van der Waals surface area (Å²) in [7, 11) is 0. The van der Waals surface area contributed by atoms with E-state index >= 15 is 0 Å². The van der Waals surface area contributed by atoms with Crippen molar-refractivity contribution < 1.29 is 5.11 Å². The van der Waals surface area contributed by atoms with E-state index in [4.69, 9.17) is 5.73 Å². The number of aliphatic hydroxyl groups excluding tert-OH is 1. The van der Waals surface area contributed by atoms with Crippen LogP contribution in [0, 0.1) is 0 Å². The number of hydrogen-bond acceptors (Lipinski definition) is 3. The van der Waals surface area contributed by atoms with Gasteiger partial charge in [0.25, 0.3) is 0 Å². The highest BCUT2D eigenvalue weighted by atomic mass is 32.2. The molecule has 0 spiro atoms. The zero-order valence-electron chi connectivity index (χ0n) is 8.57. The first-order chi connectivity index (χ1) is 6.09. The van der Waals surface area contributed by atoms with Crippen LogP contribution >= 0.6 is 11.8 Å². The summed E-state index contributed by atoms with van der Waals surface area (Å²) in [5, 5.41) is 10.4. The second-order valence-electron chi connectivity index (χ2n) is 4.13. The summed E-state index contributed by atoms with van der Waals surface area (Å²) in [5.41, 5.74) is 5.90. The molecule has 2 nitrogen and oxygen atoms in total. The Hall–Kier alpha value is 0.270. The third kappa shape index (κ3) is 3.88. The Balaban J connectivity index is 2.27. The maximum Gasteiger partial charge on any atom is 0.0628 e. The van der Waals surface area contributed by atoms with Crippen molar-refractivity contribution in [1.82, 2.24) is 0 Å². The highest BCUT2D eigenvalue weighted by Gasteiger charge is 2.22. The Bertz CT molecular complexity index is 152. The van der Waals surface area contributed by atoms with Crippen LogP contribution in [0.3, 0.4) is 0 Å². The number of hydrogen-bond donors (Lipinski definition) is 2. The van der Waals surface area contributed by atoms with Crippen LogP contribution in [-0.2, 0) is 0 Å². The SMILES string of the molecule is CC(O)C(C)SC1CCCC(N)C1. The smallest absolute Gasteiger partial charge is 0.0628 e. The molecule has 3 heteroatoms. The highest BCUT2D eigenvalue weighted by Crippen LogP contribution is 2.31. The first-order valence-corrected chi connectivity index (χ1v) is 6.13. The molecule has 1 saturated carbocycles. The molecule has 0 radical (unpaired) electrons. The second-order valence-corrected chi connectivity index (χ2v) is 5.81. The van der Waals surface area contributed by atoms with E-state index in [9.17, 15) is 5.11 Å². The lowest BCUT2D eigenvalue weighted by atomic mass is 9.96. The van der Waals surface area contributed by atoms with Gasteiger partial charge < -0.3 is 10.8 Å². The second kappa shape index (κ2) is 5.23. The molecular weight excluding hydrogens is 182 g/mol. The normalized spacial score (nSPS) is 34.2. The first-order valence-electron chi connectivity index (χ1n) is 5.18. The summed E-state index contributed by atoms with van der Waals surface area (Å²) < 4.78 is 0. The van der Waals surface area contributed by atoms with E-state index in [0.717, 1.165) is 6.42 Å². The lowest BCUT2D eigenvalue weighted by Crippen LogP contribution is -2.31. The van der Waals surface area contributed by atoms with Gasteiger partial charge in [0.15, 0.2) is 0 Å². The molecule has 0 heterocycles. The fraction of sp³-hybridized carbons (Fsp3) is 1.00. The van der Waals surface area contributed by atoms with Gasteiger partial charge in [-0.15, -0.1) is 0 Å². The largest absolute Gasteiger partial charge is 0.392 e. The first kappa shape index (κ1) is 11.3. The van der Waals surface area contributed by atoms with Crippen molar-refractivity contribution >= 4 is 11.8 Å². The quantitative estimate of drug-likeness (QED) is 0.734. The van der Waals surface area contributed by atoms with Crippen molar-refractivity contribution in [2.24, 2.45) is 5.73 Å². The van der Waals surface area contributed by atoms with Crippen LogP contribution in [0.25, 0.3) is 0 Å². The summed E-state index contributed by atoms with van der Waals surface area (Å²) in [5.74, 6) is 0.